The summed E-state index contributed by atoms with van der Waals surface area (Å²) in [5.41, 5.74) is 3.59. The second kappa shape index (κ2) is 6.40. The van der Waals surface area contributed by atoms with Gasteiger partial charge in [0.1, 0.15) is 16.6 Å². The van der Waals surface area contributed by atoms with Crippen molar-refractivity contribution < 1.29 is 0 Å². The molecular formula is C15H18N4S. The van der Waals surface area contributed by atoms with Crippen molar-refractivity contribution in [1.29, 1.82) is 5.26 Å². The van der Waals surface area contributed by atoms with Gasteiger partial charge >= 0.3 is 0 Å². The molecule has 1 aromatic heterocycles. The summed E-state index contributed by atoms with van der Waals surface area (Å²) < 4.78 is 4.20. The molecule has 0 spiro atoms. The minimum Gasteiger partial charge on any atom is -0.372 e. The third kappa shape index (κ3) is 2.91. The van der Waals surface area contributed by atoms with Crippen molar-refractivity contribution in [2.45, 2.75) is 20.8 Å². The molecule has 0 saturated heterocycles. The Kier molecular flexibility index (Phi) is 4.59. The van der Waals surface area contributed by atoms with Gasteiger partial charge in [-0.05, 0) is 56.6 Å². The maximum Gasteiger partial charge on any atom is 0.132 e. The molecule has 0 amide bonds. The minimum absolute atomic E-state index is 0.628. The number of aryl methyl sites for hydroxylation is 1. The highest BCUT2D eigenvalue weighted by molar-refractivity contribution is 7.10. The SMILES string of the molecule is CCN(CC)c1ccc(Nc2snc(C)c2C#N)cc1. The van der Waals surface area contributed by atoms with Crippen LogP contribution in [0.1, 0.15) is 25.1 Å². The standard InChI is InChI=1S/C15H18N4S/c1-4-19(5-2)13-8-6-12(7-9-13)17-15-14(10-16)11(3)18-20-15/h6-9,17H,4-5H2,1-3H3. The highest BCUT2D eigenvalue weighted by atomic mass is 32.1. The van der Waals surface area contributed by atoms with E-state index in [1.807, 2.05) is 19.1 Å². The van der Waals surface area contributed by atoms with Crippen molar-refractivity contribution in [3.63, 3.8) is 0 Å². The van der Waals surface area contributed by atoms with E-state index in [1.54, 1.807) is 0 Å². The Balaban J connectivity index is 2.17. The van der Waals surface area contributed by atoms with Gasteiger partial charge in [-0.2, -0.15) is 9.64 Å². The van der Waals surface area contributed by atoms with Crippen molar-refractivity contribution in [1.82, 2.24) is 4.37 Å². The van der Waals surface area contributed by atoms with Gasteiger partial charge in [0.15, 0.2) is 0 Å². The Hall–Kier alpha value is -2.06. The predicted octanol–water partition coefficient (Wildman–Crippen LogP) is 3.91. The molecule has 0 saturated carbocycles. The maximum absolute atomic E-state index is 9.12. The first kappa shape index (κ1) is 14.4. The maximum atomic E-state index is 9.12. The van der Waals surface area contributed by atoms with E-state index in [2.05, 4.69) is 46.6 Å². The van der Waals surface area contributed by atoms with Gasteiger partial charge in [0.25, 0.3) is 0 Å². The quantitative estimate of drug-likeness (QED) is 0.905. The van der Waals surface area contributed by atoms with Crippen LogP contribution >= 0.6 is 11.5 Å². The number of hydrogen-bond acceptors (Lipinski definition) is 5. The van der Waals surface area contributed by atoms with Gasteiger partial charge in [0.2, 0.25) is 0 Å². The lowest BCUT2D eigenvalue weighted by Crippen LogP contribution is -2.21. The van der Waals surface area contributed by atoms with Gasteiger partial charge < -0.3 is 10.2 Å². The van der Waals surface area contributed by atoms with Crippen LogP contribution in [0.25, 0.3) is 0 Å². The van der Waals surface area contributed by atoms with Crippen LogP contribution in [0.15, 0.2) is 24.3 Å². The lowest BCUT2D eigenvalue weighted by Gasteiger charge is -2.21. The molecule has 0 atom stereocenters. The molecule has 1 aromatic carbocycles. The molecule has 2 rings (SSSR count). The summed E-state index contributed by atoms with van der Waals surface area (Å²) in [5, 5.41) is 13.2. The summed E-state index contributed by atoms with van der Waals surface area (Å²) in [5.74, 6) is 0. The fourth-order valence-electron chi connectivity index (χ4n) is 2.06. The van der Waals surface area contributed by atoms with Crippen molar-refractivity contribution in [2.75, 3.05) is 23.3 Å². The summed E-state index contributed by atoms with van der Waals surface area (Å²) in [4.78, 5) is 2.29. The van der Waals surface area contributed by atoms with Crippen LogP contribution in [-0.4, -0.2) is 17.5 Å². The summed E-state index contributed by atoms with van der Waals surface area (Å²) in [6.07, 6.45) is 0. The van der Waals surface area contributed by atoms with Crippen LogP contribution in [-0.2, 0) is 0 Å². The van der Waals surface area contributed by atoms with E-state index in [9.17, 15) is 0 Å². The number of hydrogen-bond donors (Lipinski definition) is 1. The van der Waals surface area contributed by atoms with Gasteiger partial charge in [0.05, 0.1) is 5.69 Å². The van der Waals surface area contributed by atoms with Crippen molar-refractivity contribution in [3.8, 4) is 6.07 Å². The molecule has 2 aromatic rings. The Labute approximate surface area is 123 Å². The van der Waals surface area contributed by atoms with E-state index in [4.69, 9.17) is 5.26 Å². The normalized spacial score (nSPS) is 10.1. The van der Waals surface area contributed by atoms with Crippen molar-refractivity contribution in [2.24, 2.45) is 0 Å². The van der Waals surface area contributed by atoms with E-state index in [1.165, 1.54) is 17.2 Å². The number of rotatable bonds is 5. The second-order valence-electron chi connectivity index (χ2n) is 4.43. The van der Waals surface area contributed by atoms with Gasteiger partial charge in [-0.15, -0.1) is 0 Å². The first-order chi connectivity index (χ1) is 9.69. The zero-order chi connectivity index (χ0) is 14.5. The Morgan fingerprint density at radius 2 is 1.90 bits per heavy atom. The summed E-state index contributed by atoms with van der Waals surface area (Å²) in [6.45, 7) is 8.14. The van der Waals surface area contributed by atoms with E-state index >= 15 is 0 Å². The molecule has 104 valence electrons. The molecular weight excluding hydrogens is 268 g/mol. The summed E-state index contributed by atoms with van der Waals surface area (Å²) in [6, 6.07) is 10.4. The van der Waals surface area contributed by atoms with E-state index in [0.29, 0.717) is 5.56 Å². The van der Waals surface area contributed by atoms with Crippen LogP contribution in [0.2, 0.25) is 0 Å². The number of nitrogens with zero attached hydrogens (tertiary/aromatic N) is 3. The molecule has 20 heavy (non-hydrogen) atoms. The molecule has 4 nitrogen and oxygen atoms in total. The predicted molar refractivity (Wildman–Crippen MR) is 84.9 cm³/mol. The third-order valence-corrected chi connectivity index (χ3v) is 4.08. The van der Waals surface area contributed by atoms with Gasteiger partial charge in [0, 0.05) is 24.5 Å². The van der Waals surface area contributed by atoms with Crippen molar-refractivity contribution >= 4 is 27.9 Å². The summed E-state index contributed by atoms with van der Waals surface area (Å²) >= 11 is 1.32. The van der Waals surface area contributed by atoms with Crippen molar-refractivity contribution in [3.05, 3.63) is 35.5 Å². The van der Waals surface area contributed by atoms with Crippen LogP contribution in [0.4, 0.5) is 16.4 Å². The minimum atomic E-state index is 0.628. The van der Waals surface area contributed by atoms with Crippen LogP contribution in [0.5, 0.6) is 0 Å². The van der Waals surface area contributed by atoms with Crippen LogP contribution < -0.4 is 10.2 Å². The second-order valence-corrected chi connectivity index (χ2v) is 5.20. The molecule has 0 fully saturated rings. The van der Waals surface area contributed by atoms with Gasteiger partial charge in [-0.1, -0.05) is 0 Å². The van der Waals surface area contributed by atoms with Crippen LogP contribution in [0.3, 0.4) is 0 Å². The monoisotopic (exact) mass is 286 g/mol. The smallest absolute Gasteiger partial charge is 0.132 e. The number of nitriles is 1. The number of aromatic nitrogens is 1. The Morgan fingerprint density at radius 1 is 1.25 bits per heavy atom. The van der Waals surface area contributed by atoms with E-state index < -0.39 is 0 Å². The molecule has 0 bridgehead atoms. The molecule has 1 heterocycles. The highest BCUT2D eigenvalue weighted by Gasteiger charge is 2.10. The topological polar surface area (TPSA) is 52.0 Å². The molecule has 5 heteroatoms. The molecule has 0 radical (unpaired) electrons. The fourth-order valence-corrected chi connectivity index (χ4v) is 2.83. The van der Waals surface area contributed by atoms with E-state index in [-0.39, 0.29) is 0 Å². The first-order valence-electron chi connectivity index (χ1n) is 6.68. The van der Waals surface area contributed by atoms with Gasteiger partial charge in [-0.25, -0.2) is 0 Å². The lowest BCUT2D eigenvalue weighted by molar-refractivity contribution is 0.866. The largest absolute Gasteiger partial charge is 0.372 e. The van der Waals surface area contributed by atoms with Crippen LogP contribution in [0, 0.1) is 18.3 Å². The fraction of sp³-hybridized carbons (Fsp3) is 0.333. The zero-order valence-electron chi connectivity index (χ0n) is 12.0. The number of nitrogens with one attached hydrogen (secondary N) is 1. The molecule has 0 unspecified atom stereocenters. The number of benzene rings is 1. The molecule has 0 aliphatic rings. The molecule has 0 aliphatic heterocycles. The Bertz CT molecular complexity index is 606. The average Bonchev–Trinajstić information content (AvgIpc) is 2.82. The zero-order valence-corrected chi connectivity index (χ0v) is 12.8. The molecule has 0 aliphatic carbocycles. The Morgan fingerprint density at radius 3 is 2.45 bits per heavy atom. The average molecular weight is 286 g/mol. The van der Waals surface area contributed by atoms with E-state index in [0.717, 1.165) is 29.5 Å². The lowest BCUT2D eigenvalue weighted by atomic mass is 10.2. The first-order valence-corrected chi connectivity index (χ1v) is 7.45. The highest BCUT2D eigenvalue weighted by Crippen LogP contribution is 2.28. The molecule has 1 N–H and O–H groups in total. The third-order valence-electron chi connectivity index (χ3n) is 3.23. The summed E-state index contributed by atoms with van der Waals surface area (Å²) in [7, 11) is 0. The number of anilines is 3. The van der Waals surface area contributed by atoms with Gasteiger partial charge in [-0.3, -0.25) is 0 Å².